The van der Waals surface area contributed by atoms with Gasteiger partial charge in [0.2, 0.25) is 5.76 Å². The van der Waals surface area contributed by atoms with Crippen molar-refractivity contribution in [2.75, 3.05) is 5.73 Å². The fraction of sp³-hybridized carbons (Fsp3) is 0.125. The van der Waals surface area contributed by atoms with Crippen molar-refractivity contribution in [3.8, 4) is 11.5 Å². The molecule has 0 saturated carbocycles. The fourth-order valence-corrected chi connectivity index (χ4v) is 1.38. The summed E-state index contributed by atoms with van der Waals surface area (Å²) in [6.45, 7) is 1.80. The lowest BCUT2D eigenvalue weighted by Crippen LogP contribution is -1.89. The van der Waals surface area contributed by atoms with Crippen LogP contribution in [0.5, 0.6) is 0 Å². The molecule has 2 rings (SSSR count). The second-order valence-corrected chi connectivity index (χ2v) is 3.49. The molecule has 5 nitrogen and oxygen atoms in total. The highest BCUT2D eigenvalue weighted by Crippen LogP contribution is 2.30. The Morgan fingerprint density at radius 1 is 1.50 bits per heavy atom. The fourth-order valence-electron chi connectivity index (χ4n) is 1.03. The van der Waals surface area contributed by atoms with Crippen molar-refractivity contribution >= 4 is 21.7 Å². The van der Waals surface area contributed by atoms with E-state index in [4.69, 9.17) is 10.3 Å². The highest BCUT2D eigenvalue weighted by atomic mass is 79.9. The van der Waals surface area contributed by atoms with Crippen LogP contribution in [0.2, 0.25) is 0 Å². The number of hydrogen-bond donors (Lipinski definition) is 1. The summed E-state index contributed by atoms with van der Waals surface area (Å²) < 4.78 is 5.64. The normalized spacial score (nSPS) is 10.4. The Labute approximate surface area is 88.5 Å². The van der Waals surface area contributed by atoms with Crippen LogP contribution in [0.4, 0.5) is 5.82 Å². The van der Waals surface area contributed by atoms with Crippen molar-refractivity contribution in [3.63, 3.8) is 0 Å². The third-order valence-corrected chi connectivity index (χ3v) is 2.43. The summed E-state index contributed by atoms with van der Waals surface area (Å²) in [7, 11) is 0. The van der Waals surface area contributed by atoms with Gasteiger partial charge in [-0.15, -0.1) is 0 Å². The Bertz CT molecular complexity index is 468. The van der Waals surface area contributed by atoms with Gasteiger partial charge in [0.25, 0.3) is 0 Å². The highest BCUT2D eigenvalue weighted by molar-refractivity contribution is 9.10. The first-order valence-electron chi connectivity index (χ1n) is 3.89. The van der Waals surface area contributed by atoms with Gasteiger partial charge in [-0.05, 0) is 28.9 Å². The molecule has 0 spiro atoms. The van der Waals surface area contributed by atoms with Crippen molar-refractivity contribution in [2.24, 2.45) is 0 Å². The number of aryl methyl sites for hydroxylation is 1. The largest absolute Gasteiger partial charge is 0.380 e. The molecule has 0 aliphatic heterocycles. The molecule has 0 radical (unpaired) electrons. The van der Waals surface area contributed by atoms with Gasteiger partial charge in [0.15, 0.2) is 5.82 Å². The monoisotopic (exact) mass is 254 g/mol. The molecule has 6 heteroatoms. The first kappa shape index (κ1) is 9.14. The first-order valence-corrected chi connectivity index (χ1v) is 4.68. The molecule has 14 heavy (non-hydrogen) atoms. The van der Waals surface area contributed by atoms with Gasteiger partial charge in [0, 0.05) is 6.20 Å². The Hall–Kier alpha value is -1.43. The Kier molecular flexibility index (Phi) is 2.20. The van der Waals surface area contributed by atoms with Crippen LogP contribution in [-0.2, 0) is 0 Å². The number of halogens is 1. The van der Waals surface area contributed by atoms with Gasteiger partial charge in [-0.2, -0.15) is 0 Å². The number of hydrogen-bond acceptors (Lipinski definition) is 5. The van der Waals surface area contributed by atoms with E-state index in [1.165, 1.54) is 0 Å². The van der Waals surface area contributed by atoms with Gasteiger partial charge in [-0.3, -0.25) is 0 Å². The molecule has 2 aromatic rings. The molecule has 0 fully saturated rings. The SMILES string of the molecule is Cc1nccc(-c2onc(N)c2Br)n1. The molecule has 0 bridgehead atoms. The Morgan fingerprint density at radius 2 is 2.29 bits per heavy atom. The van der Waals surface area contributed by atoms with Crippen LogP contribution >= 0.6 is 15.9 Å². The predicted octanol–water partition coefficient (Wildman–Crippen LogP) is 1.78. The molecule has 0 amide bonds. The minimum Gasteiger partial charge on any atom is -0.380 e. The maximum atomic E-state index is 5.52. The van der Waals surface area contributed by atoms with E-state index in [2.05, 4.69) is 31.1 Å². The van der Waals surface area contributed by atoms with Gasteiger partial charge in [0.1, 0.15) is 16.0 Å². The summed E-state index contributed by atoms with van der Waals surface area (Å²) in [4.78, 5) is 8.17. The standard InChI is InChI=1S/C8H7BrN4O/c1-4-11-3-2-5(12-4)7-6(9)8(10)13-14-7/h2-3H,1H3,(H2,10,13). The molecule has 2 aromatic heterocycles. The van der Waals surface area contributed by atoms with Gasteiger partial charge in [-0.1, -0.05) is 5.16 Å². The summed E-state index contributed by atoms with van der Waals surface area (Å²) in [6, 6.07) is 1.73. The third-order valence-electron chi connectivity index (χ3n) is 1.67. The van der Waals surface area contributed by atoms with Crippen LogP contribution in [0.1, 0.15) is 5.82 Å². The number of aromatic nitrogens is 3. The van der Waals surface area contributed by atoms with Crippen molar-refractivity contribution < 1.29 is 4.52 Å². The van der Waals surface area contributed by atoms with E-state index in [0.29, 0.717) is 27.6 Å². The minimum absolute atomic E-state index is 0.316. The zero-order chi connectivity index (χ0) is 10.1. The maximum Gasteiger partial charge on any atom is 0.201 e. The lowest BCUT2D eigenvalue weighted by Gasteiger charge is -1.95. The third kappa shape index (κ3) is 1.48. The summed E-state index contributed by atoms with van der Waals surface area (Å²) in [6.07, 6.45) is 1.66. The molecule has 0 unspecified atom stereocenters. The quantitative estimate of drug-likeness (QED) is 0.840. The lowest BCUT2D eigenvalue weighted by molar-refractivity contribution is 0.434. The second kappa shape index (κ2) is 3.38. The van der Waals surface area contributed by atoms with Crippen molar-refractivity contribution in [1.82, 2.24) is 15.1 Å². The summed E-state index contributed by atoms with van der Waals surface area (Å²) in [5, 5.41) is 3.62. The van der Waals surface area contributed by atoms with Crippen molar-refractivity contribution in [1.29, 1.82) is 0 Å². The Balaban J connectivity index is 2.55. The molecule has 0 atom stereocenters. The van der Waals surface area contributed by atoms with Crippen LogP contribution in [-0.4, -0.2) is 15.1 Å². The van der Waals surface area contributed by atoms with Gasteiger partial charge < -0.3 is 10.3 Å². The van der Waals surface area contributed by atoms with Crippen LogP contribution < -0.4 is 5.73 Å². The smallest absolute Gasteiger partial charge is 0.201 e. The highest BCUT2D eigenvalue weighted by Gasteiger charge is 2.14. The van der Waals surface area contributed by atoms with E-state index in [1.807, 2.05) is 0 Å². The first-order chi connectivity index (χ1) is 6.68. The van der Waals surface area contributed by atoms with E-state index < -0.39 is 0 Å². The van der Waals surface area contributed by atoms with E-state index in [9.17, 15) is 0 Å². The number of nitrogen functional groups attached to an aromatic ring is 1. The van der Waals surface area contributed by atoms with Crippen molar-refractivity contribution in [2.45, 2.75) is 6.92 Å². The summed E-state index contributed by atoms with van der Waals surface area (Å²) >= 11 is 3.27. The van der Waals surface area contributed by atoms with E-state index in [-0.39, 0.29) is 0 Å². The molecule has 2 N–H and O–H groups in total. The molecule has 0 aliphatic rings. The topological polar surface area (TPSA) is 77.8 Å². The number of rotatable bonds is 1. The Morgan fingerprint density at radius 3 is 2.86 bits per heavy atom. The summed E-state index contributed by atoms with van der Waals surface area (Å²) in [5.41, 5.74) is 6.18. The van der Waals surface area contributed by atoms with Crippen LogP contribution in [0.15, 0.2) is 21.3 Å². The molecule has 72 valence electrons. The number of nitrogens with two attached hydrogens (primary N) is 1. The molecular formula is C8H7BrN4O. The second-order valence-electron chi connectivity index (χ2n) is 2.70. The number of nitrogens with zero attached hydrogens (tertiary/aromatic N) is 3. The van der Waals surface area contributed by atoms with Gasteiger partial charge in [-0.25, -0.2) is 9.97 Å². The predicted molar refractivity (Wildman–Crippen MR) is 54.4 cm³/mol. The zero-order valence-corrected chi connectivity index (χ0v) is 8.95. The maximum absolute atomic E-state index is 5.52. The molecular weight excluding hydrogens is 248 g/mol. The van der Waals surface area contributed by atoms with E-state index >= 15 is 0 Å². The van der Waals surface area contributed by atoms with Crippen LogP contribution in [0.25, 0.3) is 11.5 Å². The molecule has 0 aliphatic carbocycles. The molecule has 0 saturated heterocycles. The van der Waals surface area contributed by atoms with Gasteiger partial charge >= 0.3 is 0 Å². The summed E-state index contributed by atoms with van der Waals surface area (Å²) in [5.74, 6) is 1.51. The molecule has 2 heterocycles. The minimum atomic E-state index is 0.316. The average molecular weight is 255 g/mol. The molecule has 0 aromatic carbocycles. The lowest BCUT2D eigenvalue weighted by atomic mass is 10.3. The van der Waals surface area contributed by atoms with Gasteiger partial charge in [0.05, 0.1) is 0 Å². The van der Waals surface area contributed by atoms with E-state index in [1.54, 1.807) is 19.2 Å². The number of anilines is 1. The van der Waals surface area contributed by atoms with Crippen molar-refractivity contribution in [3.05, 3.63) is 22.6 Å². The van der Waals surface area contributed by atoms with Crippen LogP contribution in [0, 0.1) is 6.92 Å². The van der Waals surface area contributed by atoms with Crippen LogP contribution in [0.3, 0.4) is 0 Å². The average Bonchev–Trinajstić information content (AvgIpc) is 2.48. The van der Waals surface area contributed by atoms with E-state index in [0.717, 1.165) is 0 Å². The zero-order valence-electron chi connectivity index (χ0n) is 7.36.